The lowest BCUT2D eigenvalue weighted by Crippen LogP contribution is -2.12. The molecule has 0 unspecified atom stereocenters. The molecule has 33 heavy (non-hydrogen) atoms. The normalized spacial score (nSPS) is 12.1. The van der Waals surface area contributed by atoms with Crippen molar-refractivity contribution in [2.75, 3.05) is 5.32 Å². The van der Waals surface area contributed by atoms with Gasteiger partial charge < -0.3 is 9.73 Å². The summed E-state index contributed by atoms with van der Waals surface area (Å²) in [7, 11) is 0. The maximum atomic E-state index is 13.3. The van der Waals surface area contributed by atoms with Gasteiger partial charge in [0.15, 0.2) is 5.43 Å². The van der Waals surface area contributed by atoms with Gasteiger partial charge in [-0.2, -0.15) is 0 Å². The highest BCUT2D eigenvalue weighted by Gasteiger charge is 2.19. The maximum Gasteiger partial charge on any atom is 0.196 e. The summed E-state index contributed by atoms with van der Waals surface area (Å²) in [4.78, 5) is 18.6. The third-order valence-corrected chi connectivity index (χ3v) is 6.56. The van der Waals surface area contributed by atoms with Gasteiger partial charge in [0.1, 0.15) is 11.3 Å². The van der Waals surface area contributed by atoms with Crippen molar-refractivity contribution in [1.29, 1.82) is 0 Å². The minimum absolute atomic E-state index is 0.0164. The summed E-state index contributed by atoms with van der Waals surface area (Å²) >= 11 is 1.47. The average molecular weight is 454 g/mol. The first-order chi connectivity index (χ1) is 16.0. The van der Waals surface area contributed by atoms with Crippen LogP contribution >= 0.6 is 11.5 Å². The molecule has 1 N–H and O–H groups in total. The van der Waals surface area contributed by atoms with Gasteiger partial charge in [0.05, 0.1) is 16.3 Å². The van der Waals surface area contributed by atoms with Crippen LogP contribution in [0, 0.1) is 13.8 Å². The van der Waals surface area contributed by atoms with Crippen molar-refractivity contribution in [3.8, 4) is 21.8 Å². The van der Waals surface area contributed by atoms with Crippen molar-refractivity contribution in [3.63, 3.8) is 0 Å². The van der Waals surface area contributed by atoms with Crippen LogP contribution in [0.2, 0.25) is 0 Å². The van der Waals surface area contributed by atoms with E-state index in [4.69, 9.17) is 4.42 Å². The number of hydrogen-bond acceptors (Lipinski definition) is 6. The Kier molecular flexibility index (Phi) is 5.52. The van der Waals surface area contributed by atoms with Crippen molar-refractivity contribution >= 4 is 28.2 Å². The molecule has 0 spiro atoms. The summed E-state index contributed by atoms with van der Waals surface area (Å²) in [6, 6.07) is 17.8. The highest BCUT2D eigenvalue weighted by Crippen LogP contribution is 2.35. The van der Waals surface area contributed by atoms with Crippen LogP contribution in [0.15, 0.2) is 82.4 Å². The predicted molar refractivity (Wildman–Crippen MR) is 135 cm³/mol. The average Bonchev–Trinajstić information content (AvgIpc) is 3.37. The fourth-order valence-corrected chi connectivity index (χ4v) is 4.78. The molecule has 0 aliphatic heterocycles. The number of aryl methyl sites for hydroxylation is 1. The summed E-state index contributed by atoms with van der Waals surface area (Å²) in [6.45, 7) is 5.90. The molecule has 0 radical (unpaired) electrons. The van der Waals surface area contributed by atoms with E-state index in [0.29, 0.717) is 22.3 Å². The van der Waals surface area contributed by atoms with Crippen molar-refractivity contribution in [3.05, 3.63) is 100 Å². The van der Waals surface area contributed by atoms with Crippen LogP contribution in [0.4, 0.5) is 5.69 Å². The Balaban J connectivity index is 1.64. The van der Waals surface area contributed by atoms with Crippen molar-refractivity contribution in [2.24, 2.45) is 0 Å². The van der Waals surface area contributed by atoms with Gasteiger partial charge in [0.2, 0.25) is 0 Å². The molecule has 3 aromatic heterocycles. The molecule has 6 heteroatoms. The Bertz CT molecular complexity index is 1490. The largest absolute Gasteiger partial charge is 0.455 e. The topological polar surface area (TPSA) is 68.0 Å². The summed E-state index contributed by atoms with van der Waals surface area (Å²) in [5.41, 5.74) is 6.01. The first-order valence-electron chi connectivity index (χ1n) is 10.8. The molecule has 5 aromatic rings. The lowest BCUT2D eigenvalue weighted by molar-refractivity contribution is 0.605. The molecule has 0 bridgehead atoms. The second kappa shape index (κ2) is 8.64. The van der Waals surface area contributed by atoms with Gasteiger partial charge in [0, 0.05) is 46.5 Å². The molecule has 5 nitrogen and oxygen atoms in total. The van der Waals surface area contributed by atoms with E-state index in [1.807, 2.05) is 56.4 Å². The molecule has 0 amide bonds. The third-order valence-electron chi connectivity index (χ3n) is 5.78. The number of nitrogens with one attached hydrogen (secondary N) is 1. The van der Waals surface area contributed by atoms with Gasteiger partial charge in [-0.15, -0.1) is 0 Å². The van der Waals surface area contributed by atoms with Crippen LogP contribution in [0.3, 0.4) is 0 Å². The van der Waals surface area contributed by atoms with Crippen molar-refractivity contribution < 1.29 is 4.42 Å². The van der Waals surface area contributed by atoms with E-state index in [0.717, 1.165) is 32.8 Å². The smallest absolute Gasteiger partial charge is 0.196 e. The Morgan fingerprint density at radius 2 is 1.88 bits per heavy atom. The predicted octanol–water partition coefficient (Wildman–Crippen LogP) is 6.77. The third kappa shape index (κ3) is 3.94. The number of hydrogen-bond donors (Lipinski definition) is 1. The standard InChI is InChI=1S/C27H23N3O2S/c1-16-13-21(18(3)30-23-9-5-4-8-20(23)24-10-12-29-33-24)27-22(14-16)25(31)17(2)26(32-27)19-7-6-11-28-15-19/h4-15,18,30H,1-3H3/t18-/m1/s1. The van der Waals surface area contributed by atoms with E-state index in [1.54, 1.807) is 12.4 Å². The maximum absolute atomic E-state index is 13.3. The van der Waals surface area contributed by atoms with E-state index >= 15 is 0 Å². The number of benzene rings is 2. The Labute approximate surface area is 195 Å². The van der Waals surface area contributed by atoms with Gasteiger partial charge in [-0.25, -0.2) is 4.37 Å². The van der Waals surface area contributed by atoms with E-state index < -0.39 is 0 Å². The molecule has 0 aliphatic carbocycles. The molecular weight excluding hydrogens is 430 g/mol. The van der Waals surface area contributed by atoms with E-state index in [-0.39, 0.29) is 11.5 Å². The molecule has 1 atom stereocenters. The zero-order chi connectivity index (χ0) is 22.9. The minimum Gasteiger partial charge on any atom is -0.455 e. The zero-order valence-corrected chi connectivity index (χ0v) is 19.4. The number of fused-ring (bicyclic) bond motifs is 1. The van der Waals surface area contributed by atoms with E-state index in [1.165, 1.54) is 11.5 Å². The minimum atomic E-state index is -0.103. The molecule has 0 saturated carbocycles. The molecule has 2 aromatic carbocycles. The number of pyridine rings is 1. The van der Waals surface area contributed by atoms with Gasteiger partial charge in [-0.3, -0.25) is 9.78 Å². The number of nitrogens with zero attached hydrogens (tertiary/aromatic N) is 2. The van der Waals surface area contributed by atoms with Gasteiger partial charge in [0.25, 0.3) is 0 Å². The first kappa shape index (κ1) is 21.1. The fraction of sp³-hybridized carbons (Fsp3) is 0.148. The van der Waals surface area contributed by atoms with Crippen LogP contribution in [0.25, 0.3) is 32.7 Å². The zero-order valence-electron chi connectivity index (χ0n) is 18.6. The van der Waals surface area contributed by atoms with Crippen LogP contribution < -0.4 is 10.7 Å². The van der Waals surface area contributed by atoms with Crippen molar-refractivity contribution in [2.45, 2.75) is 26.8 Å². The van der Waals surface area contributed by atoms with Crippen molar-refractivity contribution in [1.82, 2.24) is 9.36 Å². The summed E-state index contributed by atoms with van der Waals surface area (Å²) in [6.07, 6.45) is 5.24. The van der Waals surface area contributed by atoms with Crippen LogP contribution in [0.1, 0.15) is 29.7 Å². The van der Waals surface area contributed by atoms with Crippen LogP contribution in [-0.2, 0) is 0 Å². The Morgan fingerprint density at radius 1 is 1.03 bits per heavy atom. The van der Waals surface area contributed by atoms with E-state index in [9.17, 15) is 4.79 Å². The van der Waals surface area contributed by atoms with Gasteiger partial charge in [-0.05, 0) is 68.2 Å². The number of rotatable bonds is 5. The molecule has 3 heterocycles. The monoisotopic (exact) mass is 453 g/mol. The summed E-state index contributed by atoms with van der Waals surface area (Å²) < 4.78 is 10.7. The molecule has 0 aliphatic rings. The molecular formula is C27H23N3O2S. The lowest BCUT2D eigenvalue weighted by Gasteiger charge is -2.20. The van der Waals surface area contributed by atoms with Gasteiger partial charge >= 0.3 is 0 Å². The van der Waals surface area contributed by atoms with Crippen LogP contribution in [-0.4, -0.2) is 9.36 Å². The Morgan fingerprint density at radius 3 is 2.64 bits per heavy atom. The van der Waals surface area contributed by atoms with Crippen LogP contribution in [0.5, 0.6) is 0 Å². The molecule has 0 saturated heterocycles. The number of anilines is 1. The summed E-state index contributed by atoms with van der Waals surface area (Å²) in [5.74, 6) is 0.558. The lowest BCUT2D eigenvalue weighted by atomic mass is 9.98. The highest BCUT2D eigenvalue weighted by atomic mass is 32.1. The number of para-hydroxylation sites is 1. The fourth-order valence-electron chi connectivity index (χ4n) is 4.15. The molecule has 5 rings (SSSR count). The molecule has 164 valence electrons. The second-order valence-electron chi connectivity index (χ2n) is 8.15. The van der Waals surface area contributed by atoms with E-state index in [2.05, 4.69) is 39.8 Å². The second-order valence-corrected chi connectivity index (χ2v) is 8.98. The Hall–Kier alpha value is -3.77. The summed E-state index contributed by atoms with van der Waals surface area (Å²) in [5, 5.41) is 4.23. The van der Waals surface area contributed by atoms with Gasteiger partial charge in [-0.1, -0.05) is 24.3 Å². The SMILES string of the molecule is Cc1cc([C@@H](C)Nc2ccccc2-c2ccns2)c2oc(-c3cccnc3)c(C)c(=O)c2c1. The highest BCUT2D eigenvalue weighted by molar-refractivity contribution is 7.09. The first-order valence-corrected chi connectivity index (χ1v) is 11.5. The number of aromatic nitrogens is 2. The quantitative estimate of drug-likeness (QED) is 0.318. The molecule has 0 fully saturated rings.